The van der Waals surface area contributed by atoms with Gasteiger partial charge in [0.25, 0.3) is 0 Å². The Hall–Kier alpha value is -6.38. The summed E-state index contributed by atoms with van der Waals surface area (Å²) in [7, 11) is 0. The van der Waals surface area contributed by atoms with E-state index in [2.05, 4.69) is 0 Å². The molecule has 2 heteroatoms. The molecular formula is C46H31NO. The Labute approximate surface area is 296 Å². The van der Waals surface area contributed by atoms with Gasteiger partial charge in [-0.1, -0.05) is 139 Å². The molecule has 0 saturated heterocycles. The van der Waals surface area contributed by atoms with Gasteiger partial charge in [-0.3, -0.25) is 0 Å². The summed E-state index contributed by atoms with van der Waals surface area (Å²) >= 11 is 0. The van der Waals surface area contributed by atoms with Gasteiger partial charge in [0.15, 0.2) is 0 Å². The minimum absolute atomic E-state index is 0.0450. The second-order valence-electron chi connectivity index (χ2n) is 11.2. The lowest BCUT2D eigenvalue weighted by Gasteiger charge is -2.26. The van der Waals surface area contributed by atoms with Crippen molar-refractivity contribution in [3.05, 3.63) is 188 Å². The van der Waals surface area contributed by atoms with Gasteiger partial charge in [-0.25, -0.2) is 0 Å². The predicted octanol–water partition coefficient (Wildman–Crippen LogP) is 13.2. The van der Waals surface area contributed by atoms with Crippen molar-refractivity contribution in [2.24, 2.45) is 0 Å². The van der Waals surface area contributed by atoms with Crippen LogP contribution in [0.1, 0.15) is 16.4 Å². The van der Waals surface area contributed by atoms with Crippen LogP contribution in [0.5, 0.6) is 0 Å². The lowest BCUT2D eigenvalue weighted by Crippen LogP contribution is -2.09. The van der Waals surface area contributed by atoms with E-state index in [9.17, 15) is 11.0 Å². The number of hydrogen-bond acceptors (Lipinski definition) is 2. The summed E-state index contributed by atoms with van der Waals surface area (Å²) < 4.78 is 118. The maximum atomic E-state index is 9.56. The molecular weight excluding hydrogens is 583 g/mol. The number of benzene rings is 8. The van der Waals surface area contributed by atoms with Crippen molar-refractivity contribution in [1.82, 2.24) is 0 Å². The highest BCUT2D eigenvalue weighted by Gasteiger charge is 2.17. The second kappa shape index (κ2) is 11.8. The van der Waals surface area contributed by atoms with Crippen molar-refractivity contribution in [3.63, 3.8) is 0 Å². The van der Waals surface area contributed by atoms with E-state index in [0.29, 0.717) is 38.6 Å². The van der Waals surface area contributed by atoms with Crippen molar-refractivity contribution < 1.29 is 20.9 Å². The standard InChI is InChI=1S/C46H31NO/c1-3-10-32(11-4-1)34-18-25-38(26-19-34)47(39-27-20-35(21-28-39)33-12-5-2-6-13-33)40-29-22-37(23-30-40)41-16-9-17-44-45(41)43-31-24-36-14-7-8-15-42(36)46(43)48-44/h1-31H/i18D,19D,20D,21D,22D,23D,25D,26D,27D,28D,29D,30D. The molecule has 0 radical (unpaired) electrons. The molecule has 0 aliphatic heterocycles. The van der Waals surface area contributed by atoms with E-state index in [1.807, 2.05) is 36.4 Å². The van der Waals surface area contributed by atoms with Crippen molar-refractivity contribution >= 4 is 49.8 Å². The SMILES string of the molecule is [2H]c1c([2H])c(N(c2c([2H])c([2H])c(-c3ccccc3)c([2H])c2[2H])c2c([2H])c([2H])c(-c3cccc4oc5c6ccccc6ccc5c34)c([2H])c2[2H])c([2H])c([2H])c1-c1ccccc1. The van der Waals surface area contributed by atoms with Crippen LogP contribution in [0.4, 0.5) is 17.1 Å². The minimum Gasteiger partial charge on any atom is -0.455 e. The third kappa shape index (κ3) is 4.92. The van der Waals surface area contributed by atoms with E-state index in [1.54, 1.807) is 78.9 Å². The topological polar surface area (TPSA) is 16.4 Å². The van der Waals surface area contributed by atoms with Crippen LogP contribution in [-0.2, 0) is 0 Å². The van der Waals surface area contributed by atoms with Crippen LogP contribution >= 0.6 is 0 Å². The Bertz CT molecular complexity index is 3050. The molecule has 1 aromatic heterocycles. The fraction of sp³-hybridized carbons (Fsp3) is 0. The Morgan fingerprint density at radius 2 is 0.917 bits per heavy atom. The third-order valence-corrected chi connectivity index (χ3v) is 8.29. The third-order valence-electron chi connectivity index (χ3n) is 8.29. The Morgan fingerprint density at radius 3 is 1.50 bits per heavy atom. The first-order valence-corrected chi connectivity index (χ1v) is 15.4. The highest BCUT2D eigenvalue weighted by atomic mass is 16.3. The number of rotatable bonds is 6. The second-order valence-corrected chi connectivity index (χ2v) is 11.2. The molecule has 1 heterocycles. The van der Waals surface area contributed by atoms with Gasteiger partial charge in [-0.05, 0) is 87.2 Å². The number of furan rings is 1. The summed E-state index contributed by atoms with van der Waals surface area (Å²) in [5.41, 5.74) is 0.195. The lowest BCUT2D eigenvalue weighted by atomic mass is 9.98. The molecule has 48 heavy (non-hydrogen) atoms. The zero-order chi connectivity index (χ0) is 42.3. The van der Waals surface area contributed by atoms with Gasteiger partial charge in [0.05, 0.1) is 16.4 Å². The molecule has 0 atom stereocenters. The summed E-state index contributed by atoms with van der Waals surface area (Å²) in [5.74, 6) is 0. The van der Waals surface area contributed by atoms with Crippen LogP contribution < -0.4 is 4.90 Å². The molecule has 0 spiro atoms. The molecule has 226 valence electrons. The molecule has 0 amide bonds. The summed E-state index contributed by atoms with van der Waals surface area (Å²) in [4.78, 5) is 0.829. The first-order valence-electron chi connectivity index (χ1n) is 21.4. The molecule has 0 saturated carbocycles. The van der Waals surface area contributed by atoms with Gasteiger partial charge < -0.3 is 9.32 Å². The van der Waals surface area contributed by atoms with Gasteiger partial charge in [0.2, 0.25) is 0 Å². The van der Waals surface area contributed by atoms with E-state index in [-0.39, 0.29) is 16.7 Å². The molecule has 0 aliphatic carbocycles. The molecule has 2 nitrogen and oxygen atoms in total. The van der Waals surface area contributed by atoms with E-state index >= 15 is 0 Å². The van der Waals surface area contributed by atoms with E-state index in [0.717, 1.165) is 15.7 Å². The quantitative estimate of drug-likeness (QED) is 0.183. The average Bonchev–Trinajstić information content (AvgIpc) is 3.65. The summed E-state index contributed by atoms with van der Waals surface area (Å²) in [6.45, 7) is 0. The first-order chi connectivity index (χ1) is 28.8. The van der Waals surface area contributed by atoms with Gasteiger partial charge in [0, 0.05) is 33.2 Å². The van der Waals surface area contributed by atoms with Crippen LogP contribution in [0.2, 0.25) is 0 Å². The predicted molar refractivity (Wildman–Crippen MR) is 202 cm³/mol. The molecule has 0 aliphatic rings. The van der Waals surface area contributed by atoms with Crippen molar-refractivity contribution in [1.29, 1.82) is 0 Å². The zero-order valence-electron chi connectivity index (χ0n) is 37.3. The molecule has 9 rings (SSSR count). The van der Waals surface area contributed by atoms with Crippen molar-refractivity contribution in [2.75, 3.05) is 4.90 Å². The van der Waals surface area contributed by atoms with Gasteiger partial charge in [-0.15, -0.1) is 0 Å². The van der Waals surface area contributed by atoms with Crippen LogP contribution in [-0.4, -0.2) is 0 Å². The largest absolute Gasteiger partial charge is 0.455 e. The molecule has 0 bridgehead atoms. The van der Waals surface area contributed by atoms with Gasteiger partial charge in [-0.2, -0.15) is 0 Å². The monoisotopic (exact) mass is 625 g/mol. The van der Waals surface area contributed by atoms with E-state index in [4.69, 9.17) is 9.90 Å². The Morgan fingerprint density at radius 1 is 0.396 bits per heavy atom. The summed E-state index contributed by atoms with van der Waals surface area (Å²) in [6, 6.07) is 26.2. The smallest absolute Gasteiger partial charge is 0.143 e. The van der Waals surface area contributed by atoms with Crippen LogP contribution in [0.15, 0.2) is 192 Å². The zero-order valence-corrected chi connectivity index (χ0v) is 25.3. The molecule has 9 aromatic rings. The number of hydrogen-bond donors (Lipinski definition) is 0. The van der Waals surface area contributed by atoms with Crippen LogP contribution in [0.3, 0.4) is 0 Å². The maximum absolute atomic E-state index is 9.56. The maximum Gasteiger partial charge on any atom is 0.143 e. The van der Waals surface area contributed by atoms with E-state index in [1.165, 1.54) is 0 Å². The molecule has 0 N–H and O–H groups in total. The van der Waals surface area contributed by atoms with Crippen molar-refractivity contribution in [2.45, 2.75) is 0 Å². The first kappa shape index (κ1) is 18.1. The normalized spacial score (nSPS) is 14.8. The molecule has 0 unspecified atom stereocenters. The van der Waals surface area contributed by atoms with Crippen LogP contribution in [0.25, 0.3) is 66.1 Å². The Balaban J connectivity index is 1.37. The molecule has 0 fully saturated rings. The number of fused-ring (bicyclic) bond motifs is 5. The number of anilines is 3. The minimum atomic E-state index is -0.686. The fourth-order valence-electron chi connectivity index (χ4n) is 5.98. The van der Waals surface area contributed by atoms with Crippen LogP contribution in [0, 0.1) is 0 Å². The Kier molecular flexibility index (Phi) is 4.43. The highest BCUT2D eigenvalue weighted by molar-refractivity contribution is 6.19. The van der Waals surface area contributed by atoms with Gasteiger partial charge >= 0.3 is 0 Å². The van der Waals surface area contributed by atoms with Gasteiger partial charge in [0.1, 0.15) is 11.2 Å². The lowest BCUT2D eigenvalue weighted by molar-refractivity contribution is 0.673. The summed E-state index contributed by atoms with van der Waals surface area (Å²) in [6.07, 6.45) is 0. The number of nitrogens with zero attached hydrogens (tertiary/aromatic N) is 1. The fourth-order valence-corrected chi connectivity index (χ4v) is 5.98. The summed E-state index contributed by atoms with van der Waals surface area (Å²) in [5, 5.41) is 3.03. The van der Waals surface area contributed by atoms with E-state index < -0.39 is 89.6 Å². The highest BCUT2D eigenvalue weighted by Crippen LogP contribution is 2.41. The average molecular weight is 626 g/mol. The van der Waals surface area contributed by atoms with Crippen molar-refractivity contribution in [3.8, 4) is 33.4 Å². The molecule has 8 aromatic carbocycles.